The molecule has 2 fully saturated rings. The first kappa shape index (κ1) is 24.5. The van der Waals surface area contributed by atoms with Crippen molar-refractivity contribution in [3.05, 3.63) is 47.2 Å². The summed E-state index contributed by atoms with van der Waals surface area (Å²) < 4.78 is 8.15. The summed E-state index contributed by atoms with van der Waals surface area (Å²) in [4.78, 5) is 32.2. The lowest BCUT2D eigenvalue weighted by molar-refractivity contribution is -0.140. The van der Waals surface area contributed by atoms with Gasteiger partial charge in [-0.15, -0.1) is 0 Å². The highest BCUT2D eigenvalue weighted by molar-refractivity contribution is 6.30. The topological polar surface area (TPSA) is 70.9 Å². The van der Waals surface area contributed by atoms with Crippen LogP contribution in [0, 0.1) is 12.8 Å². The van der Waals surface area contributed by atoms with Crippen LogP contribution >= 0.6 is 11.6 Å². The number of carbonyl (C=O) groups is 2. The molecule has 1 aromatic heterocycles. The molecule has 8 nitrogen and oxygen atoms in total. The SMILES string of the molecule is Cc1ccnn1CCC(=O)N1CC[C@H](Oc2cccc(Cl)c2)[C@@H](CC(=O)N2CCN(C)CC2)C1. The van der Waals surface area contributed by atoms with Gasteiger partial charge in [0.15, 0.2) is 0 Å². The van der Waals surface area contributed by atoms with E-state index in [2.05, 4.69) is 17.0 Å². The first-order valence-corrected chi connectivity index (χ1v) is 12.4. The Morgan fingerprint density at radius 1 is 1.09 bits per heavy atom. The maximum Gasteiger partial charge on any atom is 0.224 e. The number of nitrogens with zero attached hydrogens (tertiary/aromatic N) is 5. The van der Waals surface area contributed by atoms with Crippen LogP contribution in [0.15, 0.2) is 36.5 Å². The molecule has 0 N–H and O–H groups in total. The minimum absolute atomic E-state index is 0.0738. The number of carbonyl (C=O) groups excluding carboxylic acids is 2. The number of halogens is 1. The van der Waals surface area contributed by atoms with Crippen LogP contribution in [0.1, 0.15) is 25.0 Å². The zero-order valence-electron chi connectivity index (χ0n) is 20.0. The summed E-state index contributed by atoms with van der Waals surface area (Å²) >= 11 is 6.14. The van der Waals surface area contributed by atoms with Crippen LogP contribution in [0.25, 0.3) is 0 Å². The Hall–Kier alpha value is -2.58. The fraction of sp³-hybridized carbons (Fsp3) is 0.560. The van der Waals surface area contributed by atoms with Crippen molar-refractivity contribution in [1.82, 2.24) is 24.5 Å². The standard InChI is InChI=1S/C25H34ClN5O3/c1-19-6-9-27-31(19)11-8-24(32)30-10-7-23(34-22-5-3-4-21(26)17-22)20(18-30)16-25(33)29-14-12-28(2)13-15-29/h3-6,9,17,20,23H,7-8,10-16,18H2,1-2H3/t20-,23-/m0/s1. The van der Waals surface area contributed by atoms with Gasteiger partial charge in [0.1, 0.15) is 11.9 Å². The highest BCUT2D eigenvalue weighted by Gasteiger charge is 2.35. The number of benzene rings is 1. The second kappa shape index (κ2) is 11.2. The first-order chi connectivity index (χ1) is 16.4. The lowest BCUT2D eigenvalue weighted by Crippen LogP contribution is -2.51. The molecule has 1 aromatic carbocycles. The average Bonchev–Trinajstić information content (AvgIpc) is 3.23. The van der Waals surface area contributed by atoms with E-state index in [-0.39, 0.29) is 23.8 Å². The van der Waals surface area contributed by atoms with E-state index in [0.29, 0.717) is 49.7 Å². The molecule has 184 valence electrons. The van der Waals surface area contributed by atoms with Gasteiger partial charge in [0, 0.05) is 87.9 Å². The Morgan fingerprint density at radius 3 is 2.59 bits per heavy atom. The van der Waals surface area contributed by atoms with Gasteiger partial charge in [-0.05, 0) is 38.2 Å². The summed E-state index contributed by atoms with van der Waals surface area (Å²) in [6, 6.07) is 9.28. The number of piperazine rings is 1. The summed E-state index contributed by atoms with van der Waals surface area (Å²) in [6.07, 6.45) is 3.05. The van der Waals surface area contributed by atoms with E-state index in [9.17, 15) is 9.59 Å². The van der Waals surface area contributed by atoms with Crippen LogP contribution < -0.4 is 4.74 Å². The molecule has 0 bridgehead atoms. The van der Waals surface area contributed by atoms with E-state index >= 15 is 0 Å². The second-order valence-electron chi connectivity index (χ2n) is 9.34. The quantitative estimate of drug-likeness (QED) is 0.600. The minimum atomic E-state index is -0.146. The fourth-order valence-corrected chi connectivity index (χ4v) is 4.89. The van der Waals surface area contributed by atoms with Crippen LogP contribution in [-0.2, 0) is 16.1 Å². The summed E-state index contributed by atoms with van der Waals surface area (Å²) in [5.74, 6) is 0.853. The Labute approximate surface area is 206 Å². The second-order valence-corrected chi connectivity index (χ2v) is 9.77. The van der Waals surface area contributed by atoms with Crippen molar-refractivity contribution in [2.24, 2.45) is 5.92 Å². The Kier molecular flexibility index (Phi) is 8.11. The summed E-state index contributed by atoms with van der Waals surface area (Å²) in [7, 11) is 2.08. The van der Waals surface area contributed by atoms with E-state index in [1.54, 1.807) is 12.3 Å². The lowest BCUT2D eigenvalue weighted by Gasteiger charge is -2.40. The molecule has 0 radical (unpaired) electrons. The van der Waals surface area contributed by atoms with Crippen LogP contribution in [-0.4, -0.2) is 88.7 Å². The number of hydrogen-bond donors (Lipinski definition) is 0. The monoisotopic (exact) mass is 487 g/mol. The summed E-state index contributed by atoms with van der Waals surface area (Å²) in [6.45, 7) is 6.93. The molecule has 0 spiro atoms. The van der Waals surface area contributed by atoms with Crippen molar-refractivity contribution in [3.63, 3.8) is 0 Å². The van der Waals surface area contributed by atoms with Crippen LogP contribution in [0.5, 0.6) is 5.75 Å². The Balaban J connectivity index is 1.41. The van der Waals surface area contributed by atoms with Gasteiger partial charge in [0.05, 0.1) is 0 Å². The number of hydrogen-bond acceptors (Lipinski definition) is 5. The van der Waals surface area contributed by atoms with E-state index in [0.717, 1.165) is 31.9 Å². The van der Waals surface area contributed by atoms with Crippen molar-refractivity contribution in [2.75, 3.05) is 46.3 Å². The molecule has 2 saturated heterocycles. The fourth-order valence-electron chi connectivity index (χ4n) is 4.71. The molecule has 2 aromatic rings. The number of amides is 2. The Bertz CT molecular complexity index is 988. The first-order valence-electron chi connectivity index (χ1n) is 12.0. The van der Waals surface area contributed by atoms with Gasteiger partial charge in [-0.25, -0.2) is 0 Å². The highest BCUT2D eigenvalue weighted by Crippen LogP contribution is 2.28. The molecule has 0 aliphatic carbocycles. The number of likely N-dealkylation sites (N-methyl/N-ethyl adjacent to an activating group) is 1. The van der Waals surface area contributed by atoms with Gasteiger partial charge >= 0.3 is 0 Å². The number of aromatic nitrogens is 2. The van der Waals surface area contributed by atoms with Crippen LogP contribution in [0.2, 0.25) is 5.02 Å². The minimum Gasteiger partial charge on any atom is -0.490 e. The zero-order valence-corrected chi connectivity index (χ0v) is 20.8. The van der Waals surface area contributed by atoms with Crippen molar-refractivity contribution >= 4 is 23.4 Å². The third-order valence-corrected chi connectivity index (χ3v) is 7.09. The smallest absolute Gasteiger partial charge is 0.224 e. The maximum atomic E-state index is 13.1. The van der Waals surface area contributed by atoms with Gasteiger partial charge in [-0.1, -0.05) is 17.7 Å². The molecular formula is C25H34ClN5O3. The van der Waals surface area contributed by atoms with Crippen LogP contribution in [0.4, 0.5) is 0 Å². The molecule has 34 heavy (non-hydrogen) atoms. The molecule has 2 aliphatic heterocycles. The molecule has 0 unspecified atom stereocenters. The molecule has 2 aliphatic rings. The Morgan fingerprint density at radius 2 is 1.88 bits per heavy atom. The molecule has 2 amide bonds. The molecule has 3 heterocycles. The number of ether oxygens (including phenoxy) is 1. The van der Waals surface area contributed by atoms with E-state index < -0.39 is 0 Å². The number of piperidine rings is 1. The molecule has 2 atom stereocenters. The van der Waals surface area contributed by atoms with Crippen molar-refractivity contribution in [1.29, 1.82) is 0 Å². The molecule has 4 rings (SSSR count). The van der Waals surface area contributed by atoms with E-state index in [1.807, 2.05) is 45.7 Å². The zero-order chi connectivity index (χ0) is 24.1. The van der Waals surface area contributed by atoms with Gasteiger partial charge in [-0.2, -0.15) is 5.10 Å². The largest absolute Gasteiger partial charge is 0.490 e. The normalized spacial score (nSPS) is 21.5. The van der Waals surface area contributed by atoms with Gasteiger partial charge in [0.2, 0.25) is 11.8 Å². The van der Waals surface area contributed by atoms with Gasteiger partial charge < -0.3 is 19.4 Å². The number of aryl methyl sites for hydroxylation is 2. The van der Waals surface area contributed by atoms with E-state index in [4.69, 9.17) is 16.3 Å². The van der Waals surface area contributed by atoms with Crippen molar-refractivity contribution < 1.29 is 14.3 Å². The highest BCUT2D eigenvalue weighted by atomic mass is 35.5. The molecule has 0 saturated carbocycles. The molecular weight excluding hydrogens is 454 g/mol. The molecule has 9 heteroatoms. The van der Waals surface area contributed by atoms with Gasteiger partial charge in [0.25, 0.3) is 0 Å². The third kappa shape index (κ3) is 6.30. The average molecular weight is 488 g/mol. The van der Waals surface area contributed by atoms with E-state index in [1.165, 1.54) is 0 Å². The summed E-state index contributed by atoms with van der Waals surface area (Å²) in [5.41, 5.74) is 1.04. The van der Waals surface area contributed by atoms with Crippen molar-refractivity contribution in [3.8, 4) is 5.75 Å². The summed E-state index contributed by atoms with van der Waals surface area (Å²) in [5, 5.41) is 4.89. The van der Waals surface area contributed by atoms with Gasteiger partial charge in [-0.3, -0.25) is 14.3 Å². The third-order valence-electron chi connectivity index (χ3n) is 6.86. The predicted molar refractivity (Wildman–Crippen MR) is 131 cm³/mol. The number of likely N-dealkylation sites (tertiary alicyclic amines) is 1. The lowest BCUT2D eigenvalue weighted by atomic mass is 9.90. The number of rotatable bonds is 7. The van der Waals surface area contributed by atoms with Crippen LogP contribution in [0.3, 0.4) is 0 Å². The maximum absolute atomic E-state index is 13.1. The predicted octanol–water partition coefficient (Wildman–Crippen LogP) is 2.70. The van der Waals surface area contributed by atoms with Crippen molar-refractivity contribution in [2.45, 2.75) is 38.8 Å².